The lowest BCUT2D eigenvalue weighted by Gasteiger charge is -2.03. The highest BCUT2D eigenvalue weighted by Gasteiger charge is 2.01. The van der Waals surface area contributed by atoms with Gasteiger partial charge in [0, 0.05) is 6.04 Å². The molecule has 3 nitrogen and oxygen atoms in total. The highest BCUT2D eigenvalue weighted by Crippen LogP contribution is 1.86. The van der Waals surface area contributed by atoms with Crippen molar-refractivity contribution >= 4 is 14.0 Å². The number of aliphatic carboxylic acids is 1. The molecule has 0 fully saturated rings. The topological polar surface area (TPSA) is 49.3 Å². The van der Waals surface area contributed by atoms with Crippen molar-refractivity contribution in [3.63, 3.8) is 0 Å². The zero-order valence-electron chi connectivity index (χ0n) is 5.14. The molecule has 0 saturated carbocycles. The van der Waals surface area contributed by atoms with Gasteiger partial charge in [-0.25, -0.2) is 0 Å². The summed E-state index contributed by atoms with van der Waals surface area (Å²) >= 11 is 0. The van der Waals surface area contributed by atoms with E-state index in [4.69, 9.17) is 5.11 Å². The monoisotopic (exact) mass is 115 g/mol. The molecule has 0 aromatic heterocycles. The van der Waals surface area contributed by atoms with E-state index < -0.39 is 5.97 Å². The van der Waals surface area contributed by atoms with E-state index in [0.717, 1.165) is 0 Å². The molecule has 0 heterocycles. The molecule has 8 heavy (non-hydrogen) atoms. The molecule has 0 amide bonds. The summed E-state index contributed by atoms with van der Waals surface area (Å²) < 4.78 is 0. The van der Waals surface area contributed by atoms with Gasteiger partial charge in [0.1, 0.15) is 0 Å². The highest BCUT2D eigenvalue weighted by atomic mass is 16.4. The molecule has 46 valence electrons. The SMILES string of the molecule is BNC(C)CC(=O)O. The first-order chi connectivity index (χ1) is 3.66. The molecular formula is C4H10BNO2. The van der Waals surface area contributed by atoms with E-state index >= 15 is 0 Å². The molecule has 1 atom stereocenters. The van der Waals surface area contributed by atoms with Crippen LogP contribution in [0, 0.1) is 0 Å². The van der Waals surface area contributed by atoms with Crippen LogP contribution in [0.1, 0.15) is 13.3 Å². The van der Waals surface area contributed by atoms with Gasteiger partial charge in [0.25, 0.3) is 0 Å². The molecule has 2 N–H and O–H groups in total. The highest BCUT2D eigenvalue weighted by molar-refractivity contribution is 6.04. The summed E-state index contributed by atoms with van der Waals surface area (Å²) in [4.78, 5) is 9.93. The maximum absolute atomic E-state index is 9.93. The number of carboxylic acids is 1. The van der Waals surface area contributed by atoms with E-state index in [1.165, 1.54) is 0 Å². The minimum absolute atomic E-state index is 0.0764. The quantitative estimate of drug-likeness (QED) is 0.463. The Morgan fingerprint density at radius 1 is 2.00 bits per heavy atom. The van der Waals surface area contributed by atoms with Crippen molar-refractivity contribution in [1.82, 2.24) is 5.23 Å². The number of nitrogens with one attached hydrogen (secondary N) is 1. The largest absolute Gasteiger partial charge is 0.481 e. The summed E-state index contributed by atoms with van der Waals surface area (Å²) in [6.07, 6.45) is 0.191. The van der Waals surface area contributed by atoms with Gasteiger partial charge in [-0.3, -0.25) is 4.79 Å². The summed E-state index contributed by atoms with van der Waals surface area (Å²) in [5.41, 5.74) is 0. The normalized spacial score (nSPS) is 13.1. The maximum atomic E-state index is 9.93. The Balaban J connectivity index is 3.24. The van der Waals surface area contributed by atoms with E-state index in [9.17, 15) is 4.79 Å². The van der Waals surface area contributed by atoms with Gasteiger partial charge in [0.15, 0.2) is 7.98 Å². The molecule has 0 aliphatic rings. The fourth-order valence-electron chi connectivity index (χ4n) is 0.364. The summed E-state index contributed by atoms with van der Waals surface area (Å²) in [5.74, 6) is -0.758. The first kappa shape index (κ1) is 7.49. The fourth-order valence-corrected chi connectivity index (χ4v) is 0.364. The van der Waals surface area contributed by atoms with Gasteiger partial charge in [-0.05, 0) is 0 Å². The third kappa shape index (κ3) is 3.68. The number of carbonyl (C=O) groups is 1. The Morgan fingerprint density at radius 2 is 2.50 bits per heavy atom. The molecule has 0 rings (SSSR count). The number of hydrogen-bond acceptors (Lipinski definition) is 2. The van der Waals surface area contributed by atoms with Gasteiger partial charge < -0.3 is 10.3 Å². The van der Waals surface area contributed by atoms with Crippen LogP contribution >= 0.6 is 0 Å². The Hall–Kier alpha value is -0.505. The van der Waals surface area contributed by atoms with E-state index in [1.807, 2.05) is 6.92 Å². The molecule has 0 saturated heterocycles. The average molecular weight is 115 g/mol. The molecule has 0 aromatic rings. The second-order valence-corrected chi connectivity index (χ2v) is 1.79. The Bertz CT molecular complexity index is 86.1. The molecule has 0 radical (unpaired) electrons. The maximum Gasteiger partial charge on any atom is 0.304 e. The zero-order chi connectivity index (χ0) is 6.57. The van der Waals surface area contributed by atoms with Crippen LogP contribution in [0.2, 0.25) is 0 Å². The van der Waals surface area contributed by atoms with Crippen LogP contribution in [0.25, 0.3) is 0 Å². The van der Waals surface area contributed by atoms with Crippen molar-refractivity contribution in [2.24, 2.45) is 0 Å². The predicted octanol–water partition coefficient (Wildman–Crippen LogP) is -1.01. The second kappa shape index (κ2) is 3.49. The molecule has 1 unspecified atom stereocenters. The van der Waals surface area contributed by atoms with Crippen LogP contribution in [0.3, 0.4) is 0 Å². The lowest BCUT2D eigenvalue weighted by Crippen LogP contribution is -2.25. The van der Waals surface area contributed by atoms with Crippen LogP contribution < -0.4 is 5.23 Å². The van der Waals surface area contributed by atoms with Gasteiger partial charge in [0.2, 0.25) is 0 Å². The van der Waals surface area contributed by atoms with Crippen LogP contribution in [-0.2, 0) is 4.79 Å². The Morgan fingerprint density at radius 3 is 2.62 bits per heavy atom. The predicted molar refractivity (Wildman–Crippen MR) is 33.4 cm³/mol. The van der Waals surface area contributed by atoms with Gasteiger partial charge >= 0.3 is 5.97 Å². The zero-order valence-corrected chi connectivity index (χ0v) is 5.14. The summed E-state index contributed by atoms with van der Waals surface area (Å²) in [5, 5.41) is 11.0. The summed E-state index contributed by atoms with van der Waals surface area (Å²) in [6, 6.07) is 0.0764. The third-order valence-electron chi connectivity index (χ3n) is 0.974. The summed E-state index contributed by atoms with van der Waals surface area (Å²) in [7, 11) is 1.74. The molecule has 0 aliphatic carbocycles. The van der Waals surface area contributed by atoms with Crippen LogP contribution in [0.5, 0.6) is 0 Å². The van der Waals surface area contributed by atoms with Crippen molar-refractivity contribution in [3.05, 3.63) is 0 Å². The average Bonchev–Trinajstić information content (AvgIpc) is 1.65. The number of carboxylic acid groups (broad SMARTS) is 1. The lowest BCUT2D eigenvalue weighted by molar-refractivity contribution is -0.137. The van der Waals surface area contributed by atoms with Gasteiger partial charge in [0.05, 0.1) is 6.42 Å². The van der Waals surface area contributed by atoms with Gasteiger partial charge in [-0.2, -0.15) is 0 Å². The fraction of sp³-hybridized carbons (Fsp3) is 0.750. The Labute approximate surface area is 49.5 Å². The standard InChI is InChI=1S/C4H10BNO2/c1-3(6-5)2-4(7)8/h3,6H,2,5H2,1H3,(H,7,8). The lowest BCUT2D eigenvalue weighted by atomic mass is 10.2. The van der Waals surface area contributed by atoms with E-state index in [1.54, 1.807) is 7.98 Å². The van der Waals surface area contributed by atoms with Crippen molar-refractivity contribution in [1.29, 1.82) is 0 Å². The number of hydrogen-bond donors (Lipinski definition) is 2. The minimum atomic E-state index is -0.758. The van der Waals surface area contributed by atoms with Crippen molar-refractivity contribution in [2.75, 3.05) is 0 Å². The van der Waals surface area contributed by atoms with E-state index in [0.29, 0.717) is 0 Å². The van der Waals surface area contributed by atoms with E-state index in [-0.39, 0.29) is 12.5 Å². The van der Waals surface area contributed by atoms with Crippen LogP contribution in [0.4, 0.5) is 0 Å². The van der Waals surface area contributed by atoms with E-state index in [2.05, 4.69) is 5.23 Å². The molecular weight excluding hydrogens is 105 g/mol. The first-order valence-corrected chi connectivity index (χ1v) is 2.56. The van der Waals surface area contributed by atoms with Gasteiger partial charge in [-0.1, -0.05) is 6.92 Å². The van der Waals surface area contributed by atoms with Crippen LogP contribution in [0.15, 0.2) is 0 Å². The van der Waals surface area contributed by atoms with Crippen molar-refractivity contribution < 1.29 is 9.90 Å². The smallest absolute Gasteiger partial charge is 0.304 e. The Kier molecular flexibility index (Phi) is 3.27. The third-order valence-corrected chi connectivity index (χ3v) is 0.974. The minimum Gasteiger partial charge on any atom is -0.481 e. The van der Waals surface area contributed by atoms with Crippen molar-refractivity contribution in [2.45, 2.75) is 19.4 Å². The molecule has 0 bridgehead atoms. The molecule has 0 spiro atoms. The molecule has 0 aromatic carbocycles. The first-order valence-electron chi connectivity index (χ1n) is 2.56. The van der Waals surface area contributed by atoms with Gasteiger partial charge in [-0.15, -0.1) is 0 Å². The van der Waals surface area contributed by atoms with Crippen LogP contribution in [-0.4, -0.2) is 25.1 Å². The molecule has 0 aliphatic heterocycles. The summed E-state index contributed by atoms with van der Waals surface area (Å²) in [6.45, 7) is 1.83. The second-order valence-electron chi connectivity index (χ2n) is 1.79. The molecule has 4 heteroatoms. The van der Waals surface area contributed by atoms with Crippen molar-refractivity contribution in [3.8, 4) is 0 Å². The number of rotatable bonds is 3.